The number of rotatable bonds is 5. The van der Waals surface area contributed by atoms with Gasteiger partial charge in [-0.2, -0.15) is 0 Å². The molecule has 0 fully saturated rings. The van der Waals surface area contributed by atoms with Crippen LogP contribution in [0.5, 0.6) is 11.5 Å². The molecule has 1 amide bonds. The average Bonchev–Trinajstić information content (AvgIpc) is 2.30. The van der Waals surface area contributed by atoms with Gasteiger partial charge in [0.05, 0.1) is 14.2 Å². The molecule has 5 nitrogen and oxygen atoms in total. The SMILES string of the molecule is COc1cc(C)c(NC(=O)CC(C)N)cc1OC.Cl. The van der Waals surface area contributed by atoms with Gasteiger partial charge in [0.2, 0.25) is 5.91 Å². The summed E-state index contributed by atoms with van der Waals surface area (Å²) in [7, 11) is 3.13. The third kappa shape index (κ3) is 4.96. The van der Waals surface area contributed by atoms with Crippen LogP contribution >= 0.6 is 12.4 Å². The second kappa shape index (κ2) is 7.86. The van der Waals surface area contributed by atoms with Gasteiger partial charge >= 0.3 is 0 Å². The molecule has 19 heavy (non-hydrogen) atoms. The van der Waals surface area contributed by atoms with Gasteiger partial charge in [-0.05, 0) is 25.5 Å². The van der Waals surface area contributed by atoms with Crippen molar-refractivity contribution in [3.05, 3.63) is 17.7 Å². The van der Waals surface area contributed by atoms with Crippen molar-refractivity contribution in [2.75, 3.05) is 19.5 Å². The van der Waals surface area contributed by atoms with E-state index in [9.17, 15) is 4.79 Å². The van der Waals surface area contributed by atoms with E-state index < -0.39 is 0 Å². The van der Waals surface area contributed by atoms with Crippen LogP contribution in [0.15, 0.2) is 12.1 Å². The highest BCUT2D eigenvalue weighted by Gasteiger charge is 2.11. The van der Waals surface area contributed by atoms with Crippen LogP contribution in [0, 0.1) is 6.92 Å². The van der Waals surface area contributed by atoms with Crippen molar-refractivity contribution < 1.29 is 14.3 Å². The molecule has 1 rings (SSSR count). The number of methoxy groups -OCH3 is 2. The Morgan fingerprint density at radius 1 is 1.32 bits per heavy atom. The molecular weight excluding hydrogens is 268 g/mol. The molecule has 0 aliphatic rings. The van der Waals surface area contributed by atoms with Crippen LogP contribution < -0.4 is 20.5 Å². The molecule has 0 aliphatic heterocycles. The molecule has 0 radical (unpaired) electrons. The van der Waals surface area contributed by atoms with Gasteiger partial charge in [-0.3, -0.25) is 4.79 Å². The first-order valence-corrected chi connectivity index (χ1v) is 5.76. The molecule has 0 bridgehead atoms. The van der Waals surface area contributed by atoms with Crippen LogP contribution in [-0.4, -0.2) is 26.2 Å². The lowest BCUT2D eigenvalue weighted by molar-refractivity contribution is -0.116. The van der Waals surface area contributed by atoms with E-state index in [0.29, 0.717) is 17.2 Å². The largest absolute Gasteiger partial charge is 0.493 e. The van der Waals surface area contributed by atoms with E-state index in [0.717, 1.165) is 5.56 Å². The summed E-state index contributed by atoms with van der Waals surface area (Å²) in [6.45, 7) is 3.69. The third-order valence-corrected chi connectivity index (χ3v) is 2.51. The van der Waals surface area contributed by atoms with Crippen LogP contribution in [0.1, 0.15) is 18.9 Å². The zero-order valence-corrected chi connectivity index (χ0v) is 12.5. The van der Waals surface area contributed by atoms with E-state index in [4.69, 9.17) is 15.2 Å². The van der Waals surface area contributed by atoms with Crippen molar-refractivity contribution in [2.24, 2.45) is 5.73 Å². The fraction of sp³-hybridized carbons (Fsp3) is 0.462. The van der Waals surface area contributed by atoms with Gasteiger partial charge in [0, 0.05) is 24.2 Å². The number of hydrogen-bond donors (Lipinski definition) is 2. The summed E-state index contributed by atoms with van der Waals surface area (Å²) in [4.78, 5) is 11.7. The summed E-state index contributed by atoms with van der Waals surface area (Å²) in [5.41, 5.74) is 7.20. The Bertz CT molecular complexity index is 436. The Kier molecular flexibility index (Phi) is 7.26. The lowest BCUT2D eigenvalue weighted by atomic mass is 10.1. The Morgan fingerprint density at radius 2 is 1.84 bits per heavy atom. The Hall–Kier alpha value is -1.46. The van der Waals surface area contributed by atoms with Gasteiger partial charge in [-0.15, -0.1) is 12.4 Å². The zero-order valence-electron chi connectivity index (χ0n) is 11.6. The molecular formula is C13H21ClN2O3. The second-order valence-electron chi connectivity index (χ2n) is 4.25. The zero-order chi connectivity index (χ0) is 13.7. The fourth-order valence-corrected chi connectivity index (χ4v) is 1.61. The monoisotopic (exact) mass is 288 g/mol. The minimum absolute atomic E-state index is 0. The van der Waals surface area contributed by atoms with E-state index in [1.165, 1.54) is 0 Å². The number of benzene rings is 1. The van der Waals surface area contributed by atoms with E-state index >= 15 is 0 Å². The van der Waals surface area contributed by atoms with E-state index in [1.54, 1.807) is 27.2 Å². The standard InChI is InChI=1S/C13H20N2O3.ClH/c1-8-5-11(17-3)12(18-4)7-10(8)15-13(16)6-9(2)14;/h5,7,9H,6,14H2,1-4H3,(H,15,16);1H. The van der Waals surface area contributed by atoms with E-state index in [2.05, 4.69) is 5.32 Å². The van der Waals surface area contributed by atoms with Gasteiger partial charge in [0.15, 0.2) is 11.5 Å². The first-order chi connectivity index (χ1) is 8.47. The normalized spacial score (nSPS) is 11.2. The minimum Gasteiger partial charge on any atom is -0.493 e. The lowest BCUT2D eigenvalue weighted by Gasteiger charge is -2.14. The first-order valence-electron chi connectivity index (χ1n) is 5.76. The number of carbonyl (C=O) groups excluding carboxylic acids is 1. The van der Waals surface area contributed by atoms with Gasteiger partial charge in [0.1, 0.15) is 0 Å². The minimum atomic E-state index is -0.162. The summed E-state index contributed by atoms with van der Waals surface area (Å²) < 4.78 is 10.4. The summed E-state index contributed by atoms with van der Waals surface area (Å²) in [6, 6.07) is 3.40. The topological polar surface area (TPSA) is 73.6 Å². The van der Waals surface area contributed by atoms with Gasteiger partial charge < -0.3 is 20.5 Å². The highest BCUT2D eigenvalue weighted by Crippen LogP contribution is 2.32. The number of halogens is 1. The van der Waals surface area contributed by atoms with Crippen LogP contribution in [0.25, 0.3) is 0 Å². The van der Waals surface area contributed by atoms with Crippen LogP contribution in [-0.2, 0) is 4.79 Å². The second-order valence-corrected chi connectivity index (χ2v) is 4.25. The predicted octanol–water partition coefficient (Wildman–Crippen LogP) is 2.11. The quantitative estimate of drug-likeness (QED) is 0.870. The van der Waals surface area contributed by atoms with Crippen molar-refractivity contribution >= 4 is 24.0 Å². The number of anilines is 1. The maximum absolute atomic E-state index is 11.7. The molecule has 0 heterocycles. The number of hydrogen-bond acceptors (Lipinski definition) is 4. The summed E-state index contributed by atoms with van der Waals surface area (Å²) in [6.07, 6.45) is 0.286. The molecule has 0 spiro atoms. The van der Waals surface area contributed by atoms with Crippen molar-refractivity contribution in [1.29, 1.82) is 0 Å². The van der Waals surface area contributed by atoms with Crippen LogP contribution in [0.4, 0.5) is 5.69 Å². The Morgan fingerprint density at radius 3 is 2.32 bits per heavy atom. The summed E-state index contributed by atoms with van der Waals surface area (Å²) >= 11 is 0. The fourth-order valence-electron chi connectivity index (χ4n) is 1.61. The number of amides is 1. The van der Waals surface area contributed by atoms with E-state index in [-0.39, 0.29) is 30.8 Å². The van der Waals surface area contributed by atoms with Crippen LogP contribution in [0.2, 0.25) is 0 Å². The molecule has 0 aromatic heterocycles. The number of nitrogens with one attached hydrogen (secondary N) is 1. The predicted molar refractivity (Wildman–Crippen MR) is 78.4 cm³/mol. The molecule has 3 N–H and O–H groups in total. The third-order valence-electron chi connectivity index (χ3n) is 2.51. The van der Waals surface area contributed by atoms with Gasteiger partial charge in [-0.1, -0.05) is 0 Å². The molecule has 0 aliphatic carbocycles. The Balaban J connectivity index is 0.00000324. The number of carbonyl (C=O) groups is 1. The van der Waals surface area contributed by atoms with Crippen molar-refractivity contribution in [3.8, 4) is 11.5 Å². The number of nitrogens with two attached hydrogens (primary N) is 1. The van der Waals surface area contributed by atoms with Gasteiger partial charge in [-0.25, -0.2) is 0 Å². The molecule has 1 atom stereocenters. The smallest absolute Gasteiger partial charge is 0.225 e. The molecule has 0 saturated carbocycles. The van der Waals surface area contributed by atoms with Crippen molar-refractivity contribution in [3.63, 3.8) is 0 Å². The van der Waals surface area contributed by atoms with Crippen molar-refractivity contribution in [1.82, 2.24) is 0 Å². The molecule has 0 saturated heterocycles. The summed E-state index contributed by atoms with van der Waals surface area (Å²) in [5, 5.41) is 2.81. The maximum Gasteiger partial charge on any atom is 0.225 e. The first kappa shape index (κ1) is 17.5. The van der Waals surface area contributed by atoms with E-state index in [1.807, 2.05) is 13.0 Å². The maximum atomic E-state index is 11.7. The highest BCUT2D eigenvalue weighted by atomic mass is 35.5. The molecule has 108 valence electrons. The molecule has 6 heteroatoms. The van der Waals surface area contributed by atoms with Crippen molar-refractivity contribution in [2.45, 2.75) is 26.3 Å². The average molecular weight is 289 g/mol. The highest BCUT2D eigenvalue weighted by molar-refractivity contribution is 5.92. The number of aryl methyl sites for hydroxylation is 1. The lowest BCUT2D eigenvalue weighted by Crippen LogP contribution is -2.24. The summed E-state index contributed by atoms with van der Waals surface area (Å²) in [5.74, 6) is 1.11. The number of ether oxygens (including phenoxy) is 2. The molecule has 1 aromatic rings. The Labute approximate surface area is 119 Å². The van der Waals surface area contributed by atoms with Crippen LogP contribution in [0.3, 0.4) is 0 Å². The van der Waals surface area contributed by atoms with Gasteiger partial charge in [0.25, 0.3) is 0 Å². The molecule has 1 aromatic carbocycles. The molecule has 1 unspecified atom stereocenters.